The van der Waals surface area contributed by atoms with Gasteiger partial charge in [-0.25, -0.2) is 0 Å². The fourth-order valence-corrected chi connectivity index (χ4v) is 3.48. The zero-order valence-electron chi connectivity index (χ0n) is 16.1. The second-order valence-electron chi connectivity index (χ2n) is 7.09. The topological polar surface area (TPSA) is 78.0 Å². The highest BCUT2D eigenvalue weighted by atomic mass is 16.2. The highest BCUT2D eigenvalue weighted by Crippen LogP contribution is 2.12. The molecule has 1 aliphatic rings. The summed E-state index contributed by atoms with van der Waals surface area (Å²) < 4.78 is 0. The lowest BCUT2D eigenvalue weighted by Gasteiger charge is -2.21. The number of rotatable bonds is 4. The largest absolute Gasteiger partial charge is 0.336 e. The maximum absolute atomic E-state index is 12.9. The molecule has 1 saturated heterocycles. The Bertz CT molecular complexity index is 1010. The number of carbonyl (C=O) groups excluding carboxylic acids is 1. The first-order valence-electron chi connectivity index (χ1n) is 9.71. The van der Waals surface area contributed by atoms with E-state index in [1.54, 1.807) is 0 Å². The Labute approximate surface area is 169 Å². The minimum absolute atomic E-state index is 0.0765. The normalized spacial score (nSPS) is 14.9. The van der Waals surface area contributed by atoms with Gasteiger partial charge in [-0.2, -0.15) is 15.2 Å². The summed E-state index contributed by atoms with van der Waals surface area (Å²) in [7, 11) is 0. The van der Waals surface area contributed by atoms with Gasteiger partial charge in [-0.05, 0) is 36.2 Å². The van der Waals surface area contributed by atoms with Crippen LogP contribution in [0.4, 0.5) is 0 Å². The molecule has 0 aliphatic carbocycles. The number of hydrogen-bond donors (Lipinski definition) is 0. The summed E-state index contributed by atoms with van der Waals surface area (Å²) in [5.41, 5.74) is 3.05. The standard InChI is InChI=1S/C22H22N6O/c23-15-18-7-9-19(10-8-18)17-26-11-4-12-27(14-13-26)22(29)21-16-24-28(25-21)20-5-2-1-3-6-20/h1-3,5-10,16H,4,11-14,17H2. The molecule has 0 bridgehead atoms. The van der Waals surface area contributed by atoms with E-state index >= 15 is 0 Å². The molecule has 7 heteroatoms. The van der Waals surface area contributed by atoms with Gasteiger partial charge in [0.2, 0.25) is 0 Å². The van der Waals surface area contributed by atoms with Crippen molar-refractivity contribution in [2.75, 3.05) is 26.2 Å². The van der Waals surface area contributed by atoms with Crippen molar-refractivity contribution >= 4 is 5.91 Å². The third-order valence-corrected chi connectivity index (χ3v) is 5.06. The fraction of sp³-hybridized carbons (Fsp3) is 0.273. The first-order chi connectivity index (χ1) is 14.2. The fourth-order valence-electron chi connectivity index (χ4n) is 3.48. The van der Waals surface area contributed by atoms with Gasteiger partial charge >= 0.3 is 0 Å². The summed E-state index contributed by atoms with van der Waals surface area (Å²) >= 11 is 0. The highest BCUT2D eigenvalue weighted by molar-refractivity contribution is 5.92. The SMILES string of the molecule is N#Cc1ccc(CN2CCCN(C(=O)c3cnn(-c4ccccc4)n3)CC2)cc1. The predicted octanol–water partition coefficient (Wildman–Crippen LogP) is 2.49. The molecule has 0 radical (unpaired) electrons. The lowest BCUT2D eigenvalue weighted by molar-refractivity contribution is 0.0754. The molecule has 1 fully saturated rings. The van der Waals surface area contributed by atoms with Gasteiger partial charge in [-0.15, -0.1) is 5.10 Å². The molecular weight excluding hydrogens is 364 g/mol. The lowest BCUT2D eigenvalue weighted by atomic mass is 10.1. The molecule has 0 N–H and O–H groups in total. The molecule has 7 nitrogen and oxygen atoms in total. The molecule has 3 aromatic rings. The van der Waals surface area contributed by atoms with Crippen molar-refractivity contribution in [3.8, 4) is 11.8 Å². The second-order valence-corrected chi connectivity index (χ2v) is 7.09. The zero-order chi connectivity index (χ0) is 20.1. The number of amides is 1. The monoisotopic (exact) mass is 386 g/mol. The Hall–Kier alpha value is -3.50. The number of nitriles is 1. The Kier molecular flexibility index (Phi) is 5.63. The molecule has 0 saturated carbocycles. The minimum atomic E-state index is -0.0765. The molecule has 1 aromatic heterocycles. The van der Waals surface area contributed by atoms with Gasteiger partial charge in [0, 0.05) is 32.7 Å². The molecule has 0 spiro atoms. The number of para-hydroxylation sites is 1. The summed E-state index contributed by atoms with van der Waals surface area (Å²) in [5.74, 6) is -0.0765. The number of hydrogen-bond acceptors (Lipinski definition) is 5. The van der Waals surface area contributed by atoms with Crippen LogP contribution in [0.1, 0.15) is 28.0 Å². The van der Waals surface area contributed by atoms with Gasteiger partial charge in [0.1, 0.15) is 0 Å². The zero-order valence-corrected chi connectivity index (χ0v) is 16.1. The Morgan fingerprint density at radius 3 is 2.55 bits per heavy atom. The lowest BCUT2D eigenvalue weighted by Crippen LogP contribution is -2.35. The van der Waals surface area contributed by atoms with Crippen molar-refractivity contribution in [1.29, 1.82) is 5.26 Å². The Morgan fingerprint density at radius 2 is 1.79 bits per heavy atom. The first kappa shape index (κ1) is 18.8. The molecule has 29 heavy (non-hydrogen) atoms. The summed E-state index contributed by atoms with van der Waals surface area (Å²) in [6.07, 6.45) is 2.45. The van der Waals surface area contributed by atoms with E-state index in [2.05, 4.69) is 21.2 Å². The van der Waals surface area contributed by atoms with Crippen LogP contribution in [0.15, 0.2) is 60.8 Å². The maximum Gasteiger partial charge on any atom is 0.276 e. The number of carbonyl (C=O) groups is 1. The minimum Gasteiger partial charge on any atom is -0.336 e. The van der Waals surface area contributed by atoms with Crippen LogP contribution in [0, 0.1) is 11.3 Å². The molecule has 1 amide bonds. The van der Waals surface area contributed by atoms with E-state index in [-0.39, 0.29) is 5.91 Å². The number of benzene rings is 2. The van der Waals surface area contributed by atoms with E-state index < -0.39 is 0 Å². The van der Waals surface area contributed by atoms with E-state index in [0.29, 0.717) is 24.3 Å². The molecule has 146 valence electrons. The maximum atomic E-state index is 12.9. The summed E-state index contributed by atoms with van der Waals surface area (Å²) in [6.45, 7) is 3.92. The van der Waals surface area contributed by atoms with Crippen molar-refractivity contribution in [2.45, 2.75) is 13.0 Å². The average Bonchev–Trinajstić information content (AvgIpc) is 3.15. The van der Waals surface area contributed by atoms with Crippen LogP contribution in [-0.2, 0) is 6.54 Å². The van der Waals surface area contributed by atoms with Gasteiger partial charge in [0.15, 0.2) is 5.69 Å². The van der Waals surface area contributed by atoms with Crippen LogP contribution in [0.2, 0.25) is 0 Å². The molecular formula is C22H22N6O. The van der Waals surface area contributed by atoms with E-state index in [1.165, 1.54) is 16.6 Å². The summed E-state index contributed by atoms with van der Waals surface area (Å²) in [5, 5.41) is 17.5. The molecule has 4 rings (SSSR count). The molecule has 0 atom stereocenters. The Balaban J connectivity index is 1.37. The quantitative estimate of drug-likeness (QED) is 0.688. The summed E-state index contributed by atoms with van der Waals surface area (Å²) in [6, 6.07) is 19.4. The van der Waals surface area contributed by atoms with Crippen LogP contribution < -0.4 is 0 Å². The van der Waals surface area contributed by atoms with Crippen LogP contribution >= 0.6 is 0 Å². The molecule has 2 aromatic carbocycles. The molecule has 1 aliphatic heterocycles. The van der Waals surface area contributed by atoms with E-state index in [1.807, 2.05) is 59.5 Å². The number of aromatic nitrogens is 3. The second kappa shape index (κ2) is 8.67. The third kappa shape index (κ3) is 4.50. The van der Waals surface area contributed by atoms with Crippen LogP contribution in [0.3, 0.4) is 0 Å². The van der Waals surface area contributed by atoms with Crippen molar-refractivity contribution in [2.24, 2.45) is 0 Å². The van der Waals surface area contributed by atoms with E-state index in [0.717, 1.165) is 31.7 Å². The van der Waals surface area contributed by atoms with Crippen molar-refractivity contribution in [3.05, 3.63) is 77.6 Å². The smallest absolute Gasteiger partial charge is 0.276 e. The average molecular weight is 386 g/mol. The predicted molar refractivity (Wildman–Crippen MR) is 108 cm³/mol. The van der Waals surface area contributed by atoms with Gasteiger partial charge < -0.3 is 4.90 Å². The molecule has 0 unspecified atom stereocenters. The van der Waals surface area contributed by atoms with Crippen LogP contribution in [0.25, 0.3) is 5.69 Å². The van der Waals surface area contributed by atoms with Crippen molar-refractivity contribution < 1.29 is 4.79 Å². The van der Waals surface area contributed by atoms with Gasteiger partial charge in [0.25, 0.3) is 5.91 Å². The van der Waals surface area contributed by atoms with Crippen molar-refractivity contribution in [3.63, 3.8) is 0 Å². The summed E-state index contributed by atoms with van der Waals surface area (Å²) in [4.78, 5) is 18.6. The van der Waals surface area contributed by atoms with Crippen molar-refractivity contribution in [1.82, 2.24) is 24.8 Å². The number of nitrogens with zero attached hydrogens (tertiary/aromatic N) is 6. The van der Waals surface area contributed by atoms with Gasteiger partial charge in [-0.1, -0.05) is 30.3 Å². The van der Waals surface area contributed by atoms with E-state index in [4.69, 9.17) is 5.26 Å². The highest BCUT2D eigenvalue weighted by Gasteiger charge is 2.22. The Morgan fingerprint density at radius 1 is 1.00 bits per heavy atom. The molecule has 2 heterocycles. The van der Waals surface area contributed by atoms with Crippen LogP contribution in [-0.4, -0.2) is 56.9 Å². The first-order valence-corrected chi connectivity index (χ1v) is 9.71. The van der Waals surface area contributed by atoms with Gasteiger partial charge in [-0.3, -0.25) is 9.69 Å². The van der Waals surface area contributed by atoms with Gasteiger partial charge in [0.05, 0.1) is 23.5 Å². The van der Waals surface area contributed by atoms with Crippen LogP contribution in [0.5, 0.6) is 0 Å². The third-order valence-electron chi connectivity index (χ3n) is 5.06. The van der Waals surface area contributed by atoms with E-state index in [9.17, 15) is 4.79 Å².